The number of phenols is 3. The second kappa shape index (κ2) is 17.0. The molecule has 0 radical (unpaired) electrons. The Kier molecular flexibility index (Phi) is 13.1. The predicted molar refractivity (Wildman–Crippen MR) is 204 cm³/mol. The van der Waals surface area contributed by atoms with Gasteiger partial charge in [0, 0.05) is 61.2 Å². The van der Waals surface area contributed by atoms with Gasteiger partial charge in [0.05, 0.1) is 53.0 Å². The van der Waals surface area contributed by atoms with Crippen molar-refractivity contribution in [3.63, 3.8) is 0 Å². The standard InChI is InChI=1S/C39H50N4O13/c1-16-11-10-12-17(2)37(51)42-28-23(15-41-43-38(40)52)32(48)25-26(33(28)49)31(47)21(6)35-27(25)36(50)39(8,56-35)54-14-13-24(53-9)18(3)34(55-22(7)44)20(5)30(46)19(4)29(16)45/h10-16,18-20,24,29-30,34,45-49H,1-9H3,(H,42,51)(H3,40,43,52)/b11-10+,14-13+,17-12?,41-15+. The fourth-order valence-corrected chi connectivity index (χ4v) is 7.03. The van der Waals surface area contributed by atoms with E-state index in [-0.39, 0.29) is 33.4 Å². The second-order valence-electron chi connectivity index (χ2n) is 14.4. The number of carbonyl (C=O) groups excluding carboxylic acids is 4. The van der Waals surface area contributed by atoms with Crippen LogP contribution < -0.4 is 21.2 Å². The van der Waals surface area contributed by atoms with E-state index in [1.54, 1.807) is 33.8 Å². The Bertz CT molecular complexity index is 2030. The van der Waals surface area contributed by atoms with Gasteiger partial charge in [0.25, 0.3) is 11.7 Å². The Morgan fingerprint density at radius 1 is 0.982 bits per heavy atom. The van der Waals surface area contributed by atoms with E-state index in [4.69, 9.17) is 24.7 Å². The number of hydrogen-bond acceptors (Lipinski definition) is 14. The first-order chi connectivity index (χ1) is 26.2. The van der Waals surface area contributed by atoms with E-state index in [1.165, 1.54) is 53.0 Å². The number of nitrogens with one attached hydrogen (secondary N) is 2. The molecule has 9 N–H and O–H groups in total. The van der Waals surface area contributed by atoms with Crippen LogP contribution in [0.1, 0.15) is 70.0 Å². The van der Waals surface area contributed by atoms with Gasteiger partial charge in [-0.25, -0.2) is 10.2 Å². The molecule has 2 aromatic carbocycles. The van der Waals surface area contributed by atoms with Crippen molar-refractivity contribution in [3.8, 4) is 23.0 Å². The van der Waals surface area contributed by atoms with Gasteiger partial charge in [-0.3, -0.25) is 14.4 Å². The zero-order valence-electron chi connectivity index (χ0n) is 32.6. The van der Waals surface area contributed by atoms with Crippen LogP contribution in [-0.4, -0.2) is 92.8 Å². The van der Waals surface area contributed by atoms with Gasteiger partial charge < -0.3 is 55.5 Å². The van der Waals surface area contributed by atoms with Crippen molar-refractivity contribution >= 4 is 46.4 Å². The third kappa shape index (κ3) is 8.29. The number of methoxy groups -OCH3 is 1. The summed E-state index contributed by atoms with van der Waals surface area (Å²) < 4.78 is 23.3. The van der Waals surface area contributed by atoms with E-state index < -0.39 is 106 Å². The molecule has 2 aromatic rings. The number of hydrazone groups is 1. The van der Waals surface area contributed by atoms with Gasteiger partial charge >= 0.3 is 17.8 Å². The van der Waals surface area contributed by atoms with Crippen molar-refractivity contribution in [3.05, 3.63) is 52.8 Å². The first kappa shape index (κ1) is 43.1. The highest BCUT2D eigenvalue weighted by molar-refractivity contribution is 6.23. The summed E-state index contributed by atoms with van der Waals surface area (Å²) in [6, 6.07) is -1.07. The number of aliphatic hydroxyl groups is 2. The lowest BCUT2D eigenvalue weighted by atomic mass is 9.78. The number of nitrogens with zero attached hydrogens (tertiary/aromatic N) is 1. The number of allylic oxidation sites excluding steroid dienone is 2. The fraction of sp³-hybridized carbons (Fsp3) is 0.462. The predicted octanol–water partition coefficient (Wildman–Crippen LogP) is 3.76. The van der Waals surface area contributed by atoms with Crippen LogP contribution in [0.3, 0.4) is 0 Å². The van der Waals surface area contributed by atoms with Crippen LogP contribution in [0.25, 0.3) is 10.8 Å². The highest BCUT2D eigenvalue weighted by Crippen LogP contribution is 2.55. The number of esters is 1. The molecule has 9 atom stereocenters. The molecule has 3 aliphatic rings. The first-order valence-corrected chi connectivity index (χ1v) is 17.8. The number of carbonyl (C=O) groups is 4. The third-order valence-electron chi connectivity index (χ3n) is 10.4. The topological polar surface area (TPSA) is 269 Å². The van der Waals surface area contributed by atoms with Gasteiger partial charge in [0.2, 0.25) is 0 Å². The smallest absolute Gasteiger partial charge is 0.332 e. The van der Waals surface area contributed by atoms with Gasteiger partial charge in [-0.05, 0) is 19.9 Å². The lowest BCUT2D eigenvalue weighted by molar-refractivity contribution is -0.160. The number of ketones is 1. The molecular weight excluding hydrogens is 732 g/mol. The minimum atomic E-state index is -2.10. The SMILES string of the molecule is COC1/C=C/OC2(C)Oc3c(C)c(O)c4c(O)c(c(/C=N/NC(N)=O)c(O)c4c3C2=O)NC(=O)C(C)=C/C=C/C(C)C(O)C(C)C(O)C(C)C(OC(C)=O)C1C. The van der Waals surface area contributed by atoms with Crippen LogP contribution in [0, 0.1) is 30.6 Å². The molecule has 3 aliphatic heterocycles. The number of aromatic hydroxyl groups is 3. The summed E-state index contributed by atoms with van der Waals surface area (Å²) in [6.07, 6.45) is 4.02. The average Bonchev–Trinajstić information content (AvgIpc) is 3.41. The molecule has 0 saturated carbocycles. The van der Waals surface area contributed by atoms with Gasteiger partial charge in [-0.15, -0.1) is 0 Å². The minimum absolute atomic E-state index is 0.0154. The lowest BCUT2D eigenvalue weighted by Crippen LogP contribution is -2.46. The summed E-state index contributed by atoms with van der Waals surface area (Å²) in [5.41, 5.74) is 6.04. The number of urea groups is 1. The summed E-state index contributed by atoms with van der Waals surface area (Å²) in [5, 5.41) is 62.9. The Hall–Kier alpha value is -5.65. The van der Waals surface area contributed by atoms with Crippen molar-refractivity contribution in [2.75, 3.05) is 12.4 Å². The van der Waals surface area contributed by atoms with Gasteiger partial charge in [0.1, 0.15) is 23.4 Å². The molecule has 5 bridgehead atoms. The van der Waals surface area contributed by atoms with Crippen LogP contribution >= 0.6 is 0 Å². The number of Topliss-reactive ketones (excluding diaryl/α,β-unsaturated/α-hetero) is 1. The van der Waals surface area contributed by atoms with Gasteiger partial charge in [-0.2, -0.15) is 5.10 Å². The van der Waals surface area contributed by atoms with Crippen molar-refractivity contribution in [1.29, 1.82) is 0 Å². The Balaban J connectivity index is 1.98. The fourth-order valence-electron chi connectivity index (χ4n) is 7.03. The number of hydrogen-bond donors (Lipinski definition) is 8. The van der Waals surface area contributed by atoms with E-state index in [0.717, 1.165) is 12.5 Å². The third-order valence-corrected chi connectivity index (χ3v) is 10.4. The van der Waals surface area contributed by atoms with E-state index in [9.17, 15) is 44.7 Å². The molecule has 17 heteroatoms. The number of benzene rings is 2. The normalized spacial score (nSPS) is 30.0. The molecule has 56 heavy (non-hydrogen) atoms. The Labute approximate surface area is 323 Å². The molecule has 0 spiro atoms. The number of nitrogens with two attached hydrogens (primary N) is 1. The lowest BCUT2D eigenvalue weighted by Gasteiger charge is -2.38. The molecule has 17 nitrogen and oxygen atoms in total. The number of anilines is 1. The van der Waals surface area contributed by atoms with E-state index in [1.807, 2.05) is 5.43 Å². The maximum Gasteiger partial charge on any atom is 0.332 e. The van der Waals surface area contributed by atoms with Crippen LogP contribution in [0.2, 0.25) is 0 Å². The van der Waals surface area contributed by atoms with Crippen molar-refractivity contribution in [2.24, 2.45) is 34.5 Å². The molecule has 3 amide bonds. The minimum Gasteiger partial charge on any atom is -0.507 e. The number of amides is 3. The van der Waals surface area contributed by atoms with Crippen molar-refractivity contribution in [2.45, 2.75) is 85.6 Å². The number of aliphatic hydroxyl groups excluding tert-OH is 2. The number of phenolic OH excluding ortho intramolecular Hbond substituents is 3. The van der Waals surface area contributed by atoms with E-state index in [0.29, 0.717) is 0 Å². The Morgan fingerprint density at radius 3 is 2.25 bits per heavy atom. The summed E-state index contributed by atoms with van der Waals surface area (Å²) in [4.78, 5) is 51.4. The molecular formula is C39H50N4O13. The van der Waals surface area contributed by atoms with Gasteiger partial charge in [0.15, 0.2) is 5.75 Å². The quantitative estimate of drug-likeness (QED) is 0.0723. The Morgan fingerprint density at radius 2 is 1.64 bits per heavy atom. The first-order valence-electron chi connectivity index (χ1n) is 17.8. The highest BCUT2D eigenvalue weighted by Gasteiger charge is 2.50. The van der Waals surface area contributed by atoms with E-state index >= 15 is 0 Å². The maximum absolute atomic E-state index is 14.2. The summed E-state index contributed by atoms with van der Waals surface area (Å²) in [6.45, 7) is 12.2. The number of ether oxygens (including phenoxy) is 4. The molecule has 0 aromatic heterocycles. The monoisotopic (exact) mass is 782 g/mol. The van der Waals surface area contributed by atoms with Crippen LogP contribution in [-0.2, 0) is 23.8 Å². The maximum atomic E-state index is 14.2. The molecule has 304 valence electrons. The van der Waals surface area contributed by atoms with E-state index in [2.05, 4.69) is 10.4 Å². The van der Waals surface area contributed by atoms with Crippen LogP contribution in [0.15, 0.2) is 41.2 Å². The summed E-state index contributed by atoms with van der Waals surface area (Å²) in [7, 11) is 1.40. The molecule has 5 rings (SSSR count). The molecule has 3 heterocycles. The molecule has 0 aliphatic carbocycles. The molecule has 0 fully saturated rings. The van der Waals surface area contributed by atoms with Crippen LogP contribution in [0.4, 0.5) is 10.5 Å². The highest BCUT2D eigenvalue weighted by atomic mass is 16.7. The summed E-state index contributed by atoms with van der Waals surface area (Å²) in [5.74, 6) is -9.24. The van der Waals surface area contributed by atoms with Crippen LogP contribution in [0.5, 0.6) is 23.0 Å². The zero-order chi connectivity index (χ0) is 42.0. The number of primary amides is 1. The largest absolute Gasteiger partial charge is 0.507 e. The number of rotatable bonds is 4. The average molecular weight is 783 g/mol. The number of fused-ring (bicyclic) bond motifs is 14. The zero-order valence-corrected chi connectivity index (χ0v) is 32.6. The van der Waals surface area contributed by atoms with Crippen molar-refractivity contribution in [1.82, 2.24) is 5.43 Å². The van der Waals surface area contributed by atoms with Crippen molar-refractivity contribution < 1.29 is 63.7 Å². The molecule has 9 unspecified atom stereocenters. The van der Waals surface area contributed by atoms with Gasteiger partial charge in [-0.1, -0.05) is 45.9 Å². The summed E-state index contributed by atoms with van der Waals surface area (Å²) >= 11 is 0. The second-order valence-corrected chi connectivity index (χ2v) is 14.4. The molecule has 0 saturated heterocycles.